The third-order valence-electron chi connectivity index (χ3n) is 4.59. The molecule has 3 rings (SSSR count). The molecular weight excluding hydrogens is 490 g/mol. The fourth-order valence-electron chi connectivity index (χ4n) is 2.72. The molecule has 0 saturated carbocycles. The van der Waals surface area contributed by atoms with Gasteiger partial charge in [-0.25, -0.2) is 21.8 Å². The Morgan fingerprint density at radius 1 is 1.03 bits per heavy atom. The number of carbonyl (C=O) groups is 1. The number of nitrogens with zero attached hydrogens (tertiary/aromatic N) is 2. The fraction of sp³-hybridized carbons (Fsp3) is 0.200. The lowest BCUT2D eigenvalue weighted by Gasteiger charge is -2.08. The molecule has 1 heterocycles. The predicted octanol–water partition coefficient (Wildman–Crippen LogP) is 3.25. The Morgan fingerprint density at radius 3 is 2.15 bits per heavy atom. The fourth-order valence-corrected chi connectivity index (χ4v) is 6.23. The maximum atomic E-state index is 12.7. The van der Waals surface area contributed by atoms with Crippen molar-refractivity contribution in [3.8, 4) is 0 Å². The number of benzene rings is 2. The molecule has 174 valence electrons. The van der Waals surface area contributed by atoms with Crippen molar-refractivity contribution < 1.29 is 26.6 Å². The Balaban J connectivity index is 1.69. The van der Waals surface area contributed by atoms with Gasteiger partial charge in [0.15, 0.2) is 15.0 Å². The van der Waals surface area contributed by atoms with Gasteiger partial charge in [0.25, 0.3) is 5.69 Å². The van der Waals surface area contributed by atoms with E-state index in [1.54, 1.807) is 26.0 Å². The highest BCUT2D eigenvalue weighted by atomic mass is 32.2. The topological polar surface area (TPSA) is 153 Å². The van der Waals surface area contributed by atoms with E-state index in [0.29, 0.717) is 5.56 Å². The molecule has 0 unspecified atom stereocenters. The van der Waals surface area contributed by atoms with Gasteiger partial charge in [0.2, 0.25) is 15.7 Å². The number of rotatable bonds is 8. The first-order chi connectivity index (χ1) is 15.4. The second kappa shape index (κ2) is 9.37. The van der Waals surface area contributed by atoms with E-state index in [1.165, 1.54) is 12.1 Å². The first-order valence-electron chi connectivity index (χ1n) is 9.49. The molecule has 0 spiro atoms. The maximum Gasteiger partial charge on any atom is 0.269 e. The smallest absolute Gasteiger partial charge is 0.269 e. The van der Waals surface area contributed by atoms with E-state index in [1.807, 2.05) is 0 Å². The number of hydrogen-bond acceptors (Lipinski definition) is 9. The molecular formula is C20H19N3O7S3. The molecule has 0 radical (unpaired) electrons. The molecule has 13 heteroatoms. The Morgan fingerprint density at radius 2 is 1.61 bits per heavy atom. The van der Waals surface area contributed by atoms with E-state index in [2.05, 4.69) is 10.3 Å². The average molecular weight is 510 g/mol. The first-order valence-corrected chi connectivity index (χ1v) is 13.3. The Bertz CT molecular complexity index is 1390. The molecule has 33 heavy (non-hydrogen) atoms. The molecule has 0 bridgehead atoms. The summed E-state index contributed by atoms with van der Waals surface area (Å²) < 4.78 is 49.6. The van der Waals surface area contributed by atoms with Gasteiger partial charge in [-0.2, -0.15) is 0 Å². The summed E-state index contributed by atoms with van der Waals surface area (Å²) in [7, 11) is -7.37. The molecule has 0 aliphatic rings. The zero-order chi connectivity index (χ0) is 24.4. The predicted molar refractivity (Wildman–Crippen MR) is 122 cm³/mol. The maximum absolute atomic E-state index is 12.7. The molecule has 2 aromatic carbocycles. The van der Waals surface area contributed by atoms with Crippen molar-refractivity contribution in [1.29, 1.82) is 0 Å². The van der Waals surface area contributed by atoms with Crippen LogP contribution in [0.4, 0.5) is 10.8 Å². The van der Waals surface area contributed by atoms with Crippen LogP contribution in [0.15, 0.2) is 68.7 Å². The lowest BCUT2D eigenvalue weighted by molar-refractivity contribution is -0.384. The summed E-state index contributed by atoms with van der Waals surface area (Å²) in [5.41, 5.74) is 0.339. The number of amides is 1. The van der Waals surface area contributed by atoms with Crippen LogP contribution in [0.3, 0.4) is 0 Å². The monoisotopic (exact) mass is 509 g/mol. The van der Waals surface area contributed by atoms with Crippen molar-refractivity contribution in [2.45, 2.75) is 39.5 Å². The van der Waals surface area contributed by atoms with Crippen LogP contribution in [-0.2, 0) is 30.9 Å². The van der Waals surface area contributed by atoms with Gasteiger partial charge in [-0.15, -0.1) is 0 Å². The third-order valence-corrected chi connectivity index (χ3v) is 9.90. The van der Waals surface area contributed by atoms with Crippen molar-refractivity contribution in [3.05, 3.63) is 70.4 Å². The Labute approximate surface area is 194 Å². The zero-order valence-electron chi connectivity index (χ0n) is 17.5. The van der Waals surface area contributed by atoms with Gasteiger partial charge in [-0.1, -0.05) is 23.5 Å². The van der Waals surface area contributed by atoms with E-state index in [0.717, 1.165) is 41.8 Å². The van der Waals surface area contributed by atoms with Crippen LogP contribution in [0.2, 0.25) is 0 Å². The minimum Gasteiger partial charge on any atom is -0.302 e. The first kappa shape index (κ1) is 24.5. The third kappa shape index (κ3) is 5.43. The Hall–Kier alpha value is -3.16. The quantitative estimate of drug-likeness (QED) is 0.359. The van der Waals surface area contributed by atoms with Crippen LogP contribution in [0.25, 0.3) is 0 Å². The zero-order valence-corrected chi connectivity index (χ0v) is 19.9. The molecule has 0 fully saturated rings. The largest absolute Gasteiger partial charge is 0.302 e. The van der Waals surface area contributed by atoms with Gasteiger partial charge in [-0.3, -0.25) is 14.9 Å². The lowest BCUT2D eigenvalue weighted by atomic mass is 10.1. The van der Waals surface area contributed by atoms with Gasteiger partial charge in [0.1, 0.15) is 4.21 Å². The number of thiazole rings is 1. The summed E-state index contributed by atoms with van der Waals surface area (Å²) in [5.74, 6) is -0.455. The average Bonchev–Trinajstić information content (AvgIpc) is 3.23. The molecule has 0 aliphatic carbocycles. The number of hydrogen-bond donors (Lipinski definition) is 1. The minimum absolute atomic E-state index is 0.0635. The van der Waals surface area contributed by atoms with E-state index in [4.69, 9.17) is 0 Å². The van der Waals surface area contributed by atoms with Crippen LogP contribution in [0.5, 0.6) is 0 Å². The van der Waals surface area contributed by atoms with Crippen molar-refractivity contribution >= 4 is 47.7 Å². The van der Waals surface area contributed by atoms with E-state index in [9.17, 15) is 31.7 Å². The van der Waals surface area contributed by atoms with Gasteiger partial charge in [-0.05, 0) is 43.7 Å². The van der Waals surface area contributed by atoms with Crippen LogP contribution in [0.1, 0.15) is 19.4 Å². The van der Waals surface area contributed by atoms with Crippen molar-refractivity contribution in [2.24, 2.45) is 0 Å². The number of nitro benzene ring substituents is 1. The molecule has 0 atom stereocenters. The second-order valence-electron chi connectivity index (χ2n) is 7.20. The number of non-ortho nitro benzene ring substituents is 1. The highest BCUT2D eigenvalue weighted by molar-refractivity contribution is 7.93. The number of nitrogens with one attached hydrogen (secondary N) is 1. The molecule has 3 aromatic rings. The highest BCUT2D eigenvalue weighted by Crippen LogP contribution is 2.29. The van der Waals surface area contributed by atoms with E-state index < -0.39 is 35.8 Å². The van der Waals surface area contributed by atoms with Crippen molar-refractivity contribution in [3.63, 3.8) is 0 Å². The summed E-state index contributed by atoms with van der Waals surface area (Å²) in [6, 6.07) is 10.4. The van der Waals surface area contributed by atoms with Crippen molar-refractivity contribution in [1.82, 2.24) is 4.98 Å². The van der Waals surface area contributed by atoms with Gasteiger partial charge in [0.05, 0.1) is 32.6 Å². The van der Waals surface area contributed by atoms with Crippen LogP contribution in [0, 0.1) is 10.1 Å². The highest BCUT2D eigenvalue weighted by Gasteiger charge is 2.23. The molecule has 1 aromatic heterocycles. The summed E-state index contributed by atoms with van der Waals surface area (Å²) in [4.78, 5) is 26.4. The summed E-state index contributed by atoms with van der Waals surface area (Å²) in [6.45, 7) is 3.17. The molecule has 0 saturated heterocycles. The molecule has 0 aliphatic heterocycles. The summed E-state index contributed by atoms with van der Waals surface area (Å²) >= 11 is 0.749. The number of aromatic nitrogens is 1. The standard InChI is InChI=1S/C20H19N3O7S3/c1-13(2)32(27,28)16-7-3-14(4-8-16)11-18(24)22-20-21-12-19(31-20)33(29,30)17-9-5-15(6-10-17)23(25)26/h3-10,12-13H,11H2,1-2H3,(H,21,22,24). The minimum atomic E-state index is -3.96. The van der Waals surface area contributed by atoms with Crippen LogP contribution >= 0.6 is 11.3 Å². The number of carbonyl (C=O) groups excluding carboxylic acids is 1. The SMILES string of the molecule is CC(C)S(=O)(=O)c1ccc(CC(=O)Nc2ncc(S(=O)(=O)c3ccc([N+](=O)[O-])cc3)s2)cc1. The number of nitro groups is 1. The van der Waals surface area contributed by atoms with Gasteiger partial charge in [0, 0.05) is 12.1 Å². The summed E-state index contributed by atoms with van der Waals surface area (Å²) in [6.07, 6.45) is 1.04. The molecule has 1 N–H and O–H groups in total. The van der Waals surface area contributed by atoms with E-state index in [-0.39, 0.29) is 31.2 Å². The molecule has 10 nitrogen and oxygen atoms in total. The second-order valence-corrected chi connectivity index (χ2v) is 12.9. The molecule has 1 amide bonds. The van der Waals surface area contributed by atoms with Crippen LogP contribution in [-0.4, -0.2) is 37.9 Å². The number of anilines is 1. The normalized spacial score (nSPS) is 12.0. The van der Waals surface area contributed by atoms with Gasteiger partial charge < -0.3 is 5.32 Å². The Kier molecular flexibility index (Phi) is 6.95. The summed E-state index contributed by atoms with van der Waals surface area (Å²) in [5, 5.41) is 12.8. The van der Waals surface area contributed by atoms with Crippen LogP contribution < -0.4 is 5.32 Å². The van der Waals surface area contributed by atoms with Gasteiger partial charge >= 0.3 is 0 Å². The van der Waals surface area contributed by atoms with E-state index >= 15 is 0 Å². The number of sulfone groups is 2. The van der Waals surface area contributed by atoms with Crippen molar-refractivity contribution in [2.75, 3.05) is 5.32 Å². The lowest BCUT2D eigenvalue weighted by Crippen LogP contribution is -2.15.